The molecular weight excluding hydrogens is 292 g/mol. The average molecular weight is 316 g/mol. The third-order valence-electron chi connectivity index (χ3n) is 5.66. The minimum atomic E-state index is -1.39. The van der Waals surface area contributed by atoms with Gasteiger partial charge in [-0.3, -0.25) is 9.69 Å². The number of Topliss-reactive ketones (excluding diaryl/α,β-unsaturated/α-hetero) is 1. The van der Waals surface area contributed by atoms with Gasteiger partial charge in [-0.15, -0.1) is 0 Å². The summed E-state index contributed by atoms with van der Waals surface area (Å²) in [5, 5.41) is 9.00. The van der Waals surface area contributed by atoms with Crippen molar-refractivity contribution in [3.63, 3.8) is 0 Å². The van der Waals surface area contributed by atoms with E-state index in [4.69, 9.17) is 5.11 Å². The number of hydrogen-bond donors (Lipinski definition) is 1. The van der Waals surface area contributed by atoms with Gasteiger partial charge in [0, 0.05) is 29.8 Å². The van der Waals surface area contributed by atoms with Crippen molar-refractivity contribution in [1.82, 2.24) is 4.90 Å². The molecule has 5 nitrogen and oxygen atoms in total. The average Bonchev–Trinajstić information content (AvgIpc) is 3.06. The van der Waals surface area contributed by atoms with Gasteiger partial charge in [0.2, 0.25) is 0 Å². The molecule has 3 rings (SSSR count). The molecule has 0 bridgehead atoms. The van der Waals surface area contributed by atoms with Crippen LogP contribution < -0.4 is 4.90 Å². The Balaban J connectivity index is 2.15. The molecule has 1 aromatic rings. The number of fused-ring (bicyclic) bond motifs is 3. The minimum Gasteiger partial charge on any atom is -0.475 e. The number of nitrogens with zero attached hydrogens (tertiary/aromatic N) is 2. The Morgan fingerprint density at radius 2 is 2.00 bits per heavy atom. The highest BCUT2D eigenvalue weighted by molar-refractivity contribution is 6.39. The minimum absolute atomic E-state index is 0.00382. The van der Waals surface area contributed by atoms with E-state index in [1.807, 2.05) is 12.1 Å². The van der Waals surface area contributed by atoms with Gasteiger partial charge in [-0.05, 0) is 50.1 Å². The van der Waals surface area contributed by atoms with Crippen LogP contribution in [0.5, 0.6) is 0 Å². The molecule has 1 fully saturated rings. The Hall–Kier alpha value is -1.88. The number of aliphatic carboxylic acids is 1. The van der Waals surface area contributed by atoms with Crippen LogP contribution in [0.2, 0.25) is 0 Å². The van der Waals surface area contributed by atoms with E-state index in [0.717, 1.165) is 43.7 Å². The van der Waals surface area contributed by atoms with Crippen LogP contribution in [0.1, 0.15) is 49.5 Å². The van der Waals surface area contributed by atoms with E-state index in [1.54, 1.807) is 6.07 Å². The van der Waals surface area contributed by atoms with Crippen LogP contribution in [0.15, 0.2) is 18.2 Å². The van der Waals surface area contributed by atoms with Crippen LogP contribution in [-0.4, -0.2) is 47.6 Å². The smallest absolute Gasteiger partial charge is 0.377 e. The molecule has 1 N–H and O–H groups in total. The first kappa shape index (κ1) is 16.0. The topological polar surface area (TPSA) is 60.9 Å². The van der Waals surface area contributed by atoms with Crippen molar-refractivity contribution in [3.05, 3.63) is 29.3 Å². The quantitative estimate of drug-likeness (QED) is 0.668. The Morgan fingerprint density at radius 1 is 1.26 bits per heavy atom. The predicted octanol–water partition coefficient (Wildman–Crippen LogP) is 2.49. The second-order valence-electron chi connectivity index (χ2n) is 6.41. The highest BCUT2D eigenvalue weighted by Crippen LogP contribution is 2.54. The van der Waals surface area contributed by atoms with E-state index < -0.39 is 11.8 Å². The molecule has 0 amide bonds. The second kappa shape index (κ2) is 5.64. The summed E-state index contributed by atoms with van der Waals surface area (Å²) in [6.45, 7) is 9.47. The van der Waals surface area contributed by atoms with Crippen molar-refractivity contribution in [3.8, 4) is 0 Å². The molecule has 2 heterocycles. The first-order chi connectivity index (χ1) is 11.0. The highest BCUT2D eigenvalue weighted by atomic mass is 16.4. The maximum atomic E-state index is 11.9. The highest BCUT2D eigenvalue weighted by Gasteiger charge is 2.55. The fraction of sp³-hybridized carbons (Fsp3) is 0.556. The lowest BCUT2D eigenvalue weighted by Gasteiger charge is -2.37. The van der Waals surface area contributed by atoms with Gasteiger partial charge in [0.25, 0.3) is 5.78 Å². The summed E-state index contributed by atoms with van der Waals surface area (Å²) in [4.78, 5) is 27.8. The van der Waals surface area contributed by atoms with Crippen LogP contribution >= 0.6 is 0 Å². The normalized spacial score (nSPS) is 26.2. The lowest BCUT2D eigenvalue weighted by atomic mass is 9.76. The van der Waals surface area contributed by atoms with Gasteiger partial charge < -0.3 is 10.0 Å². The first-order valence-electron chi connectivity index (χ1n) is 8.43. The molecule has 1 aromatic carbocycles. The van der Waals surface area contributed by atoms with E-state index in [2.05, 4.69) is 30.6 Å². The number of carbonyl (C=O) groups is 2. The molecule has 23 heavy (non-hydrogen) atoms. The number of hydrogen-bond acceptors (Lipinski definition) is 4. The van der Waals surface area contributed by atoms with E-state index in [1.165, 1.54) is 0 Å². The van der Waals surface area contributed by atoms with Crippen molar-refractivity contribution in [2.75, 3.05) is 24.5 Å². The fourth-order valence-corrected chi connectivity index (χ4v) is 4.52. The summed E-state index contributed by atoms with van der Waals surface area (Å²) >= 11 is 0. The van der Waals surface area contributed by atoms with Crippen LogP contribution in [-0.2, 0) is 10.2 Å². The van der Waals surface area contributed by atoms with Crippen molar-refractivity contribution >= 4 is 17.4 Å². The molecule has 0 aliphatic carbocycles. The van der Waals surface area contributed by atoms with Gasteiger partial charge in [0.15, 0.2) is 0 Å². The summed E-state index contributed by atoms with van der Waals surface area (Å²) in [6.07, 6.45) is 2.35. The Bertz CT molecular complexity index is 658. The zero-order chi connectivity index (χ0) is 16.8. The number of benzene rings is 1. The molecule has 0 radical (unpaired) electrons. The number of likely N-dealkylation sites (N-methyl/N-ethyl adjacent to an activating group) is 2. The molecule has 5 heteroatoms. The summed E-state index contributed by atoms with van der Waals surface area (Å²) in [5.41, 5.74) is 2.58. The molecule has 0 saturated carbocycles. The lowest BCUT2D eigenvalue weighted by Crippen LogP contribution is -2.49. The van der Waals surface area contributed by atoms with Crippen LogP contribution in [0.4, 0.5) is 5.69 Å². The Morgan fingerprint density at radius 3 is 2.57 bits per heavy atom. The number of rotatable bonds is 5. The summed E-state index contributed by atoms with van der Waals surface area (Å²) < 4.78 is 0. The van der Waals surface area contributed by atoms with Crippen LogP contribution in [0, 0.1) is 0 Å². The second-order valence-corrected chi connectivity index (χ2v) is 6.41. The third kappa shape index (κ3) is 2.10. The van der Waals surface area contributed by atoms with E-state index >= 15 is 0 Å². The number of carboxylic acid groups (broad SMARTS) is 1. The van der Waals surface area contributed by atoms with E-state index in [0.29, 0.717) is 6.17 Å². The predicted molar refractivity (Wildman–Crippen MR) is 89.0 cm³/mol. The van der Waals surface area contributed by atoms with Crippen LogP contribution in [0.3, 0.4) is 0 Å². The Labute approximate surface area is 136 Å². The van der Waals surface area contributed by atoms with Gasteiger partial charge in [-0.25, -0.2) is 4.79 Å². The standard InChI is InChI=1S/C18H24N2O3/c1-4-18-9-10-19(5-2)17(18)20(6-3)14-8-7-12(11-13(14)18)15(21)16(22)23/h7-8,11,17H,4-6,9-10H2,1-3H3,(H,22,23). The molecule has 0 spiro atoms. The van der Waals surface area contributed by atoms with E-state index in [-0.39, 0.29) is 11.0 Å². The van der Waals surface area contributed by atoms with E-state index in [9.17, 15) is 9.59 Å². The number of carbonyl (C=O) groups excluding carboxylic acids is 1. The van der Waals surface area contributed by atoms with Crippen LogP contribution in [0.25, 0.3) is 0 Å². The van der Waals surface area contributed by atoms with Gasteiger partial charge in [-0.1, -0.05) is 13.8 Å². The first-order valence-corrected chi connectivity index (χ1v) is 8.43. The number of likely N-dealkylation sites (tertiary alicyclic amines) is 1. The largest absolute Gasteiger partial charge is 0.475 e. The maximum absolute atomic E-state index is 11.9. The third-order valence-corrected chi connectivity index (χ3v) is 5.66. The molecular formula is C18H24N2O3. The number of ketones is 1. The number of anilines is 1. The molecule has 2 aliphatic heterocycles. The Kier molecular flexibility index (Phi) is 3.92. The molecule has 2 unspecified atom stereocenters. The van der Waals surface area contributed by atoms with Crippen molar-refractivity contribution in [1.29, 1.82) is 0 Å². The number of carboxylic acids is 1. The summed E-state index contributed by atoms with van der Waals surface area (Å²) in [6, 6.07) is 5.41. The molecule has 2 aliphatic rings. The summed E-state index contributed by atoms with van der Waals surface area (Å²) in [7, 11) is 0. The van der Waals surface area contributed by atoms with Crippen molar-refractivity contribution in [2.24, 2.45) is 0 Å². The SMILES string of the molecule is CCN1CCC2(CC)c3cc(C(=O)C(=O)O)ccc3N(CC)C12. The van der Waals surface area contributed by atoms with Crippen molar-refractivity contribution < 1.29 is 14.7 Å². The fourth-order valence-electron chi connectivity index (χ4n) is 4.52. The lowest BCUT2D eigenvalue weighted by molar-refractivity contribution is -0.131. The van der Waals surface area contributed by atoms with Gasteiger partial charge in [-0.2, -0.15) is 0 Å². The zero-order valence-electron chi connectivity index (χ0n) is 14.0. The monoisotopic (exact) mass is 316 g/mol. The van der Waals surface area contributed by atoms with Crippen molar-refractivity contribution in [2.45, 2.75) is 45.2 Å². The van der Waals surface area contributed by atoms with Gasteiger partial charge >= 0.3 is 5.97 Å². The van der Waals surface area contributed by atoms with Gasteiger partial charge in [0.05, 0.1) is 6.17 Å². The molecule has 124 valence electrons. The zero-order valence-corrected chi connectivity index (χ0v) is 14.0. The maximum Gasteiger partial charge on any atom is 0.377 e. The molecule has 2 atom stereocenters. The van der Waals surface area contributed by atoms with Gasteiger partial charge in [0.1, 0.15) is 0 Å². The summed E-state index contributed by atoms with van der Waals surface area (Å²) in [5.74, 6) is -2.21. The molecule has 0 aromatic heterocycles. The molecule has 1 saturated heterocycles.